The molecule has 35 heavy (non-hydrogen) atoms. The number of carbonyl (C=O) groups excluding carboxylic acids is 2. The van der Waals surface area contributed by atoms with E-state index in [0.717, 1.165) is 12.8 Å². The first-order valence-corrected chi connectivity index (χ1v) is 10.6. The lowest BCUT2D eigenvalue weighted by atomic mass is 10.2. The van der Waals surface area contributed by atoms with E-state index in [1.54, 1.807) is 31.2 Å². The quantitative estimate of drug-likeness (QED) is 0.354. The number of nitrogens with zero attached hydrogens (tertiary/aromatic N) is 1. The van der Waals surface area contributed by atoms with Crippen LogP contribution < -0.4 is 20.7 Å². The standard InChI is InChI=1S/C24H20F4N4O3/c1-13-2-6-16(35-17-8-9-29-21(12-17)32-22(33)14-3-4-14)11-19(13)30-23(34)31-20-10-15(24(26,27)28)5-7-18(20)25/h2,5-12,14H,3-4H2,1H3,(H,29,32,33)(H2,30,31,34). The Kier molecular flexibility index (Phi) is 6.59. The molecule has 182 valence electrons. The van der Waals surface area contributed by atoms with Crippen LogP contribution >= 0.6 is 0 Å². The fourth-order valence-corrected chi connectivity index (χ4v) is 3.13. The first-order chi connectivity index (χ1) is 16.6. The zero-order valence-corrected chi connectivity index (χ0v) is 18.4. The molecule has 3 N–H and O–H groups in total. The summed E-state index contributed by atoms with van der Waals surface area (Å²) < 4.78 is 58.4. The van der Waals surface area contributed by atoms with Crippen molar-refractivity contribution in [1.82, 2.24) is 4.98 Å². The Morgan fingerprint density at radius 2 is 1.66 bits per heavy atom. The van der Waals surface area contributed by atoms with Gasteiger partial charge in [-0.15, -0.1) is 0 Å². The van der Waals surface area contributed by atoms with E-state index < -0.39 is 29.3 Å². The molecule has 4 rings (SSSR count). The van der Waals surface area contributed by atoms with Crippen molar-refractivity contribution in [3.63, 3.8) is 0 Å². The summed E-state index contributed by atoms with van der Waals surface area (Å²) in [6, 6.07) is 8.75. The van der Waals surface area contributed by atoms with Crippen molar-refractivity contribution in [3.05, 3.63) is 71.7 Å². The molecule has 0 aliphatic heterocycles. The highest BCUT2D eigenvalue weighted by molar-refractivity contribution is 6.00. The summed E-state index contributed by atoms with van der Waals surface area (Å²) in [4.78, 5) is 28.4. The summed E-state index contributed by atoms with van der Waals surface area (Å²) in [5, 5.41) is 7.29. The monoisotopic (exact) mass is 488 g/mol. The maximum atomic E-state index is 13.9. The molecule has 1 aliphatic carbocycles. The van der Waals surface area contributed by atoms with Crippen LogP contribution in [0.1, 0.15) is 24.0 Å². The van der Waals surface area contributed by atoms with E-state index in [4.69, 9.17) is 4.74 Å². The van der Waals surface area contributed by atoms with Crippen molar-refractivity contribution in [2.75, 3.05) is 16.0 Å². The van der Waals surface area contributed by atoms with E-state index >= 15 is 0 Å². The van der Waals surface area contributed by atoms with E-state index in [1.165, 1.54) is 12.3 Å². The van der Waals surface area contributed by atoms with Crippen molar-refractivity contribution >= 4 is 29.1 Å². The van der Waals surface area contributed by atoms with Gasteiger partial charge in [-0.2, -0.15) is 13.2 Å². The lowest BCUT2D eigenvalue weighted by Crippen LogP contribution is -2.21. The number of benzene rings is 2. The molecule has 0 spiro atoms. The molecule has 3 aromatic rings. The van der Waals surface area contributed by atoms with Gasteiger partial charge in [-0.05, 0) is 55.7 Å². The second kappa shape index (κ2) is 9.61. The van der Waals surface area contributed by atoms with Crippen LogP contribution in [0.15, 0.2) is 54.7 Å². The minimum atomic E-state index is -4.68. The topological polar surface area (TPSA) is 92.3 Å². The van der Waals surface area contributed by atoms with Crippen molar-refractivity contribution in [2.24, 2.45) is 5.92 Å². The molecule has 1 saturated carbocycles. The van der Waals surface area contributed by atoms with Crippen molar-refractivity contribution in [2.45, 2.75) is 25.9 Å². The average Bonchev–Trinajstić information content (AvgIpc) is 3.63. The van der Waals surface area contributed by atoms with E-state index in [2.05, 4.69) is 20.9 Å². The third-order valence-corrected chi connectivity index (χ3v) is 5.17. The van der Waals surface area contributed by atoms with Gasteiger partial charge in [-0.3, -0.25) is 4.79 Å². The van der Waals surface area contributed by atoms with Gasteiger partial charge in [0, 0.05) is 29.9 Å². The Hall–Kier alpha value is -4.15. The average molecular weight is 488 g/mol. The van der Waals surface area contributed by atoms with Gasteiger partial charge in [0.2, 0.25) is 5.91 Å². The molecule has 0 unspecified atom stereocenters. The van der Waals surface area contributed by atoms with Crippen molar-refractivity contribution < 1.29 is 31.9 Å². The lowest BCUT2D eigenvalue weighted by Gasteiger charge is -2.14. The second-order valence-electron chi connectivity index (χ2n) is 7.99. The fourth-order valence-electron chi connectivity index (χ4n) is 3.13. The van der Waals surface area contributed by atoms with Crippen molar-refractivity contribution in [3.8, 4) is 11.5 Å². The number of hydrogen-bond donors (Lipinski definition) is 3. The number of amides is 3. The summed E-state index contributed by atoms with van der Waals surface area (Å²) in [5.41, 5.74) is -0.779. The number of nitrogens with one attached hydrogen (secondary N) is 3. The Balaban J connectivity index is 1.44. The van der Waals surface area contributed by atoms with E-state index in [1.807, 2.05) is 0 Å². The number of rotatable bonds is 6. The smallest absolute Gasteiger partial charge is 0.416 e. The van der Waals surface area contributed by atoms with E-state index in [0.29, 0.717) is 46.8 Å². The lowest BCUT2D eigenvalue weighted by molar-refractivity contribution is -0.137. The molecule has 0 atom stereocenters. The third kappa shape index (κ3) is 6.25. The summed E-state index contributed by atoms with van der Waals surface area (Å²) >= 11 is 0. The van der Waals surface area contributed by atoms with Gasteiger partial charge in [0.05, 0.1) is 11.3 Å². The minimum absolute atomic E-state index is 0.0164. The van der Waals surface area contributed by atoms with Gasteiger partial charge in [0.1, 0.15) is 23.1 Å². The molecule has 1 heterocycles. The number of pyridine rings is 1. The van der Waals surface area contributed by atoms with Crippen LogP contribution in [0, 0.1) is 18.7 Å². The van der Waals surface area contributed by atoms with Gasteiger partial charge in [-0.1, -0.05) is 6.07 Å². The Morgan fingerprint density at radius 1 is 0.943 bits per heavy atom. The second-order valence-corrected chi connectivity index (χ2v) is 7.99. The van der Waals surface area contributed by atoms with Gasteiger partial charge in [0.15, 0.2) is 0 Å². The summed E-state index contributed by atoms with van der Waals surface area (Å²) in [5.74, 6) is -0.0304. The van der Waals surface area contributed by atoms with Gasteiger partial charge in [0.25, 0.3) is 0 Å². The summed E-state index contributed by atoms with van der Waals surface area (Å²) in [6.45, 7) is 1.70. The predicted molar refractivity (Wildman–Crippen MR) is 121 cm³/mol. The molecule has 0 bridgehead atoms. The van der Waals surface area contributed by atoms with Crippen LogP contribution in [-0.4, -0.2) is 16.9 Å². The van der Waals surface area contributed by atoms with Gasteiger partial charge >= 0.3 is 12.2 Å². The Labute approximate surface area is 197 Å². The number of alkyl halides is 3. The maximum absolute atomic E-state index is 13.9. The van der Waals surface area contributed by atoms with Crippen molar-refractivity contribution in [1.29, 1.82) is 0 Å². The molecular weight excluding hydrogens is 468 g/mol. The number of carbonyl (C=O) groups is 2. The normalized spacial score (nSPS) is 13.2. The molecule has 3 amide bonds. The summed E-state index contributed by atoms with van der Waals surface area (Å²) in [7, 11) is 0. The first-order valence-electron chi connectivity index (χ1n) is 10.6. The molecule has 1 aromatic heterocycles. The van der Waals surface area contributed by atoms with Crippen LogP contribution in [0.25, 0.3) is 0 Å². The van der Waals surface area contributed by atoms with Crippen LogP contribution in [-0.2, 0) is 11.0 Å². The Bertz CT molecular complexity index is 1280. The fraction of sp³-hybridized carbons (Fsp3) is 0.208. The van der Waals surface area contributed by atoms with Crippen LogP contribution in [0.5, 0.6) is 11.5 Å². The predicted octanol–water partition coefficient (Wildman–Crippen LogP) is 6.33. The number of anilines is 3. The SMILES string of the molecule is Cc1ccc(Oc2ccnc(NC(=O)C3CC3)c2)cc1NC(=O)Nc1cc(C(F)(F)F)ccc1F. The number of urea groups is 1. The maximum Gasteiger partial charge on any atom is 0.416 e. The first kappa shape index (κ1) is 24.0. The molecular formula is C24H20F4N4O3. The number of aromatic nitrogens is 1. The number of aryl methyl sites for hydroxylation is 1. The molecule has 0 radical (unpaired) electrons. The van der Waals surface area contributed by atoms with E-state index in [-0.39, 0.29) is 11.8 Å². The number of halogens is 4. The van der Waals surface area contributed by atoms with Crippen LogP contribution in [0.2, 0.25) is 0 Å². The molecule has 1 fully saturated rings. The summed E-state index contributed by atoms with van der Waals surface area (Å²) in [6.07, 6.45) is -1.50. The van der Waals surface area contributed by atoms with Gasteiger partial charge < -0.3 is 20.7 Å². The highest BCUT2D eigenvalue weighted by Crippen LogP contribution is 2.33. The largest absolute Gasteiger partial charge is 0.457 e. The molecule has 1 aliphatic rings. The zero-order chi connectivity index (χ0) is 25.2. The van der Waals surface area contributed by atoms with E-state index in [9.17, 15) is 27.2 Å². The molecule has 11 heteroatoms. The third-order valence-electron chi connectivity index (χ3n) is 5.17. The van der Waals surface area contributed by atoms with Gasteiger partial charge in [-0.25, -0.2) is 14.2 Å². The highest BCUT2D eigenvalue weighted by atomic mass is 19.4. The Morgan fingerprint density at radius 3 is 2.37 bits per heavy atom. The number of ether oxygens (including phenoxy) is 1. The van der Waals surface area contributed by atoms with Crippen LogP contribution in [0.4, 0.5) is 39.5 Å². The molecule has 2 aromatic carbocycles. The van der Waals surface area contributed by atoms with Crippen LogP contribution in [0.3, 0.4) is 0 Å². The molecule has 0 saturated heterocycles. The highest BCUT2D eigenvalue weighted by Gasteiger charge is 2.31. The molecule has 7 nitrogen and oxygen atoms in total. The minimum Gasteiger partial charge on any atom is -0.457 e. The zero-order valence-electron chi connectivity index (χ0n) is 18.4. The number of hydrogen-bond acceptors (Lipinski definition) is 4.